The van der Waals surface area contributed by atoms with Crippen molar-refractivity contribution < 1.29 is 21.2 Å². The van der Waals surface area contributed by atoms with Crippen molar-refractivity contribution in [1.82, 2.24) is 0 Å². The Bertz CT molecular complexity index is 1440. The topological polar surface area (TPSA) is 9.23 Å². The molecular formula is C36H30Cl2NiOP2. The van der Waals surface area contributed by atoms with Crippen molar-refractivity contribution in [3.05, 3.63) is 170 Å². The van der Waals surface area contributed by atoms with Crippen molar-refractivity contribution in [3.8, 4) is 11.5 Å². The second-order valence-electron chi connectivity index (χ2n) is 9.05. The van der Waals surface area contributed by atoms with Gasteiger partial charge in [-0.1, -0.05) is 158 Å². The van der Waals surface area contributed by atoms with Gasteiger partial charge in [-0.05, 0) is 49.2 Å². The molecule has 0 aliphatic rings. The van der Waals surface area contributed by atoms with Gasteiger partial charge >= 0.3 is 0 Å². The zero-order valence-electron chi connectivity index (χ0n) is 22.6. The summed E-state index contributed by atoms with van der Waals surface area (Å²) in [5, 5.41) is 7.64. The molecule has 6 heteroatoms. The maximum absolute atomic E-state index is 6.92. The Labute approximate surface area is 273 Å². The Balaban J connectivity index is 0.00000161. The molecule has 0 atom stereocenters. The Hall–Kier alpha value is -2.95. The zero-order valence-corrected chi connectivity index (χ0v) is 27.0. The van der Waals surface area contributed by atoms with Crippen LogP contribution < -0.4 is 36.6 Å². The molecule has 0 saturated carbocycles. The van der Waals surface area contributed by atoms with Crippen molar-refractivity contribution in [3.63, 3.8) is 0 Å². The van der Waals surface area contributed by atoms with Gasteiger partial charge in [0, 0.05) is 27.1 Å². The molecule has 214 valence electrons. The molecule has 0 fully saturated rings. The third kappa shape index (κ3) is 7.71. The molecule has 0 amide bonds. The molecule has 0 heterocycles. The van der Waals surface area contributed by atoms with Gasteiger partial charge in [0.05, 0.1) is 0 Å². The minimum absolute atomic E-state index is 0. The number of rotatable bonds is 8. The van der Waals surface area contributed by atoms with Crippen molar-refractivity contribution in [2.24, 2.45) is 0 Å². The van der Waals surface area contributed by atoms with E-state index in [1.807, 2.05) is 0 Å². The minimum atomic E-state index is -0.795. The summed E-state index contributed by atoms with van der Waals surface area (Å²) < 4.78 is 6.92. The first-order valence-corrected chi connectivity index (χ1v) is 15.7. The van der Waals surface area contributed by atoms with Gasteiger partial charge in [-0.25, -0.2) is 0 Å². The first kappa shape index (κ1) is 33.6. The third-order valence-electron chi connectivity index (χ3n) is 6.49. The second-order valence-corrected chi connectivity index (χ2v) is 13.4. The van der Waals surface area contributed by atoms with Crippen molar-refractivity contribution in [2.45, 2.75) is 0 Å². The quantitative estimate of drug-likeness (QED) is 0.119. The standard InChI is InChI=1S/C36H28OP2.2ClH.Ni/c1-5-17-29(18-6-1)38(30-19-7-2-8-20-30)35-27-15-13-25-33(35)37-34-26-14-16-28-36(34)39(31-21-9-3-10-22-31)32-23-11-4-12-24-32;;;/h1-28H;2*1H;. The predicted octanol–water partition coefficient (Wildman–Crippen LogP) is 7.84. The molecule has 0 spiro atoms. The largest absolute Gasteiger partial charge is 0.456 e. The molecule has 6 aromatic carbocycles. The molecule has 0 unspecified atom stereocenters. The minimum Gasteiger partial charge on any atom is -0.456 e. The van der Waals surface area contributed by atoms with Crippen LogP contribution in [0.1, 0.15) is 0 Å². The average molecular weight is 670 g/mol. The Morgan fingerprint density at radius 1 is 0.310 bits per heavy atom. The number of halogens is 2. The molecule has 0 N–H and O–H groups in total. The second kappa shape index (κ2) is 16.6. The monoisotopic (exact) mass is 668 g/mol. The van der Waals surface area contributed by atoms with E-state index in [1.165, 1.54) is 31.8 Å². The van der Waals surface area contributed by atoms with Gasteiger partial charge in [-0.3, -0.25) is 0 Å². The predicted molar refractivity (Wildman–Crippen MR) is 185 cm³/mol. The van der Waals surface area contributed by atoms with E-state index in [1.54, 1.807) is 0 Å². The third-order valence-corrected chi connectivity index (χ3v) is 11.5. The van der Waals surface area contributed by atoms with Gasteiger partial charge in [0.2, 0.25) is 0 Å². The molecule has 0 aliphatic carbocycles. The molecule has 0 radical (unpaired) electrons. The summed E-state index contributed by atoms with van der Waals surface area (Å²) in [7, 11) is -1.59. The molecule has 0 saturated heterocycles. The van der Waals surface area contributed by atoms with E-state index in [9.17, 15) is 0 Å². The maximum atomic E-state index is 6.92. The Morgan fingerprint density at radius 2 is 0.548 bits per heavy atom. The molecule has 0 bridgehead atoms. The van der Waals surface area contributed by atoms with Gasteiger partial charge in [-0.15, -0.1) is 24.8 Å². The van der Waals surface area contributed by atoms with E-state index in [0.29, 0.717) is 0 Å². The fourth-order valence-corrected chi connectivity index (χ4v) is 9.48. The van der Waals surface area contributed by atoms with E-state index < -0.39 is 15.8 Å². The summed E-state index contributed by atoms with van der Waals surface area (Å²) >= 11 is 0. The van der Waals surface area contributed by atoms with Crippen LogP contribution in [0.4, 0.5) is 0 Å². The van der Waals surface area contributed by atoms with Gasteiger partial charge < -0.3 is 4.74 Å². The fourth-order valence-electron chi connectivity index (χ4n) is 4.74. The number of para-hydroxylation sites is 2. The smallest absolute Gasteiger partial charge is 0.135 e. The molecular weight excluding hydrogens is 640 g/mol. The SMILES string of the molecule is Cl.Cl.[Ni].c1ccc(P(c2ccccc2)c2ccccc2Oc2ccccc2P(c2ccccc2)c2ccccc2)cc1. The number of hydrogen-bond donors (Lipinski definition) is 0. The number of hydrogen-bond acceptors (Lipinski definition) is 1. The molecule has 6 aromatic rings. The van der Waals surface area contributed by atoms with Crippen LogP contribution in [0.2, 0.25) is 0 Å². The van der Waals surface area contributed by atoms with Gasteiger partial charge in [-0.2, -0.15) is 0 Å². The van der Waals surface area contributed by atoms with Crippen LogP contribution in [0.25, 0.3) is 0 Å². The van der Waals surface area contributed by atoms with Crippen LogP contribution in [0, 0.1) is 0 Å². The Morgan fingerprint density at radius 3 is 0.833 bits per heavy atom. The van der Waals surface area contributed by atoms with E-state index in [0.717, 1.165) is 11.5 Å². The molecule has 42 heavy (non-hydrogen) atoms. The van der Waals surface area contributed by atoms with E-state index in [-0.39, 0.29) is 41.3 Å². The van der Waals surface area contributed by atoms with Crippen LogP contribution in [-0.4, -0.2) is 0 Å². The number of benzene rings is 6. The van der Waals surface area contributed by atoms with Crippen LogP contribution >= 0.6 is 40.7 Å². The van der Waals surface area contributed by atoms with Crippen molar-refractivity contribution in [2.75, 3.05) is 0 Å². The molecule has 0 aromatic heterocycles. The van der Waals surface area contributed by atoms with Crippen LogP contribution in [0.5, 0.6) is 11.5 Å². The van der Waals surface area contributed by atoms with Gasteiger partial charge in [0.1, 0.15) is 11.5 Å². The Kier molecular flexibility index (Phi) is 13.3. The average Bonchev–Trinajstić information content (AvgIpc) is 3.01. The number of ether oxygens (including phenoxy) is 1. The summed E-state index contributed by atoms with van der Waals surface area (Å²) in [6, 6.07) is 60.2. The molecule has 0 aliphatic heterocycles. The first-order valence-electron chi connectivity index (χ1n) is 13.0. The zero-order chi connectivity index (χ0) is 26.3. The van der Waals surface area contributed by atoms with Gasteiger partial charge in [0.25, 0.3) is 0 Å². The van der Waals surface area contributed by atoms with Crippen LogP contribution in [0.15, 0.2) is 170 Å². The summed E-state index contributed by atoms with van der Waals surface area (Å²) in [4.78, 5) is 0. The van der Waals surface area contributed by atoms with Gasteiger partial charge in [0.15, 0.2) is 0 Å². The normalized spacial score (nSPS) is 10.2. The van der Waals surface area contributed by atoms with Crippen LogP contribution in [0.3, 0.4) is 0 Å². The summed E-state index contributed by atoms with van der Waals surface area (Å²) in [5.41, 5.74) is 0. The maximum Gasteiger partial charge on any atom is 0.135 e. The van der Waals surface area contributed by atoms with Crippen molar-refractivity contribution >= 4 is 72.5 Å². The fraction of sp³-hybridized carbons (Fsp3) is 0. The molecule has 6 rings (SSSR count). The summed E-state index contributed by atoms with van der Waals surface area (Å²) in [6.07, 6.45) is 0. The van der Waals surface area contributed by atoms with Crippen LogP contribution in [-0.2, 0) is 16.5 Å². The first-order chi connectivity index (χ1) is 19.4. The summed E-state index contributed by atoms with van der Waals surface area (Å²) in [5.74, 6) is 1.81. The molecule has 1 nitrogen and oxygen atoms in total. The summed E-state index contributed by atoms with van der Waals surface area (Å²) in [6.45, 7) is 0. The van der Waals surface area contributed by atoms with E-state index in [4.69, 9.17) is 4.74 Å². The van der Waals surface area contributed by atoms with E-state index >= 15 is 0 Å². The van der Waals surface area contributed by atoms with Crippen molar-refractivity contribution in [1.29, 1.82) is 0 Å². The van der Waals surface area contributed by atoms with E-state index in [2.05, 4.69) is 170 Å².